The molecule has 0 aliphatic carbocycles. The van der Waals surface area contributed by atoms with Crippen LogP contribution in [0.2, 0.25) is 0 Å². The van der Waals surface area contributed by atoms with Crippen LogP contribution < -0.4 is 0 Å². The van der Waals surface area contributed by atoms with Crippen molar-refractivity contribution in [3.63, 3.8) is 0 Å². The van der Waals surface area contributed by atoms with Gasteiger partial charge in [0.25, 0.3) is 6.47 Å². The monoisotopic (exact) mass is 225 g/mol. The largest absolute Gasteiger partial charge is 0.468 e. The second kappa shape index (κ2) is 6.09. The van der Waals surface area contributed by atoms with E-state index in [0.29, 0.717) is 13.1 Å². The molecular weight excluding hydrogens is 214 g/mol. The number of aromatic nitrogens is 1. The van der Waals surface area contributed by atoms with Crippen molar-refractivity contribution in [1.29, 1.82) is 0 Å². The van der Waals surface area contributed by atoms with Crippen LogP contribution in [-0.2, 0) is 9.53 Å². The van der Waals surface area contributed by atoms with E-state index in [4.69, 9.17) is 11.8 Å². The quantitative estimate of drug-likeness (QED) is 0.736. The Balaban J connectivity index is 0.000000195. The fourth-order valence-electron chi connectivity index (χ4n) is 1.12. The van der Waals surface area contributed by atoms with Crippen molar-refractivity contribution in [3.8, 4) is 0 Å². The van der Waals surface area contributed by atoms with Crippen molar-refractivity contribution in [2.45, 2.75) is 6.92 Å². The Morgan fingerprint density at radius 1 is 1.40 bits per heavy atom. The zero-order chi connectivity index (χ0) is 11.1. The summed E-state index contributed by atoms with van der Waals surface area (Å²) in [4.78, 5) is 9.18. The van der Waals surface area contributed by atoms with Gasteiger partial charge in [0.15, 0.2) is 0 Å². The first-order chi connectivity index (χ1) is 7.29. The number of carbonyl (C=O) groups excluding carboxylic acids is 1. The molecule has 2 aromatic rings. The van der Waals surface area contributed by atoms with E-state index in [1.807, 2.05) is 36.5 Å². The topological polar surface area (TPSA) is 31.2 Å². The Morgan fingerprint density at radius 3 is 2.67 bits per heavy atom. The number of hydrogen-bond donors (Lipinski definition) is 0. The van der Waals surface area contributed by atoms with E-state index in [0.717, 1.165) is 5.52 Å². The van der Waals surface area contributed by atoms with Gasteiger partial charge < -0.3 is 4.74 Å². The van der Waals surface area contributed by atoms with Crippen molar-refractivity contribution < 1.29 is 9.53 Å². The maximum Gasteiger partial charge on any atom is 0.293 e. The van der Waals surface area contributed by atoms with E-state index >= 15 is 0 Å². The standard InChI is InChI=1S/C8H6ClN.C3H6O2/c9-10-6-5-7-3-1-2-4-8(7)10;1-2-5-3-4/h1-6H;3H,2H2,1H3. The maximum absolute atomic E-state index is 9.18. The lowest BCUT2D eigenvalue weighted by atomic mass is 10.3. The van der Waals surface area contributed by atoms with Crippen LogP contribution in [0.5, 0.6) is 0 Å². The fourth-order valence-corrected chi connectivity index (χ4v) is 1.33. The summed E-state index contributed by atoms with van der Waals surface area (Å²) >= 11 is 5.79. The van der Waals surface area contributed by atoms with Gasteiger partial charge in [-0.15, -0.1) is 0 Å². The summed E-state index contributed by atoms with van der Waals surface area (Å²) in [6.07, 6.45) is 1.84. The van der Waals surface area contributed by atoms with Gasteiger partial charge in [0.1, 0.15) is 0 Å². The third-order valence-corrected chi connectivity index (χ3v) is 2.08. The number of para-hydroxylation sites is 1. The molecule has 0 amide bonds. The van der Waals surface area contributed by atoms with Gasteiger partial charge in [-0.2, -0.15) is 0 Å². The van der Waals surface area contributed by atoms with Crippen LogP contribution in [0.15, 0.2) is 36.5 Å². The molecule has 4 heteroatoms. The molecule has 0 spiro atoms. The number of carbonyl (C=O) groups is 1. The Hall–Kier alpha value is -1.48. The minimum Gasteiger partial charge on any atom is -0.468 e. The third kappa shape index (κ3) is 3.29. The van der Waals surface area contributed by atoms with Gasteiger partial charge in [0.05, 0.1) is 12.1 Å². The van der Waals surface area contributed by atoms with Gasteiger partial charge in [0, 0.05) is 23.4 Å². The molecule has 0 atom stereocenters. The molecule has 1 aromatic heterocycles. The smallest absolute Gasteiger partial charge is 0.293 e. The number of benzene rings is 1. The first kappa shape index (κ1) is 11.6. The van der Waals surface area contributed by atoms with Crippen LogP contribution in [0, 0.1) is 0 Å². The molecule has 3 nitrogen and oxygen atoms in total. The Labute approximate surface area is 93.3 Å². The molecule has 0 bridgehead atoms. The summed E-state index contributed by atoms with van der Waals surface area (Å²) in [5.41, 5.74) is 1.06. The first-order valence-corrected chi connectivity index (χ1v) is 4.91. The second-order valence-corrected chi connectivity index (χ2v) is 3.10. The third-order valence-electron chi connectivity index (χ3n) is 1.79. The van der Waals surface area contributed by atoms with Gasteiger partial charge >= 0.3 is 0 Å². The lowest BCUT2D eigenvalue weighted by molar-refractivity contribution is -0.128. The van der Waals surface area contributed by atoms with Crippen molar-refractivity contribution in [1.82, 2.24) is 4.09 Å². The number of hydrogen-bond acceptors (Lipinski definition) is 2. The molecule has 15 heavy (non-hydrogen) atoms. The predicted molar refractivity (Wildman–Crippen MR) is 60.9 cm³/mol. The van der Waals surface area contributed by atoms with Gasteiger partial charge in [-0.05, 0) is 19.1 Å². The zero-order valence-electron chi connectivity index (χ0n) is 8.39. The second-order valence-electron chi connectivity index (χ2n) is 2.74. The van der Waals surface area contributed by atoms with Crippen LogP contribution >= 0.6 is 11.8 Å². The van der Waals surface area contributed by atoms with E-state index in [9.17, 15) is 4.79 Å². The summed E-state index contributed by atoms with van der Waals surface area (Å²) in [5, 5.41) is 1.18. The highest BCUT2D eigenvalue weighted by molar-refractivity contribution is 6.19. The van der Waals surface area contributed by atoms with Crippen LogP contribution in [-0.4, -0.2) is 17.2 Å². The molecular formula is C11H12ClNO2. The molecule has 0 unspecified atom stereocenters. The molecule has 0 saturated carbocycles. The summed E-state index contributed by atoms with van der Waals surface area (Å²) in [7, 11) is 0. The fraction of sp³-hybridized carbons (Fsp3) is 0.182. The van der Waals surface area contributed by atoms with E-state index in [2.05, 4.69) is 4.74 Å². The molecule has 1 heterocycles. The Morgan fingerprint density at radius 2 is 2.13 bits per heavy atom. The van der Waals surface area contributed by atoms with Gasteiger partial charge in [-0.3, -0.25) is 8.88 Å². The molecule has 80 valence electrons. The van der Waals surface area contributed by atoms with Gasteiger partial charge in [-0.1, -0.05) is 18.2 Å². The summed E-state index contributed by atoms with van der Waals surface area (Å²) in [6, 6.07) is 9.99. The summed E-state index contributed by atoms with van der Waals surface area (Å²) in [5.74, 6) is 0. The van der Waals surface area contributed by atoms with Crippen LogP contribution in [0.4, 0.5) is 0 Å². The first-order valence-electron chi connectivity index (χ1n) is 4.57. The lowest BCUT2D eigenvalue weighted by Gasteiger charge is -1.89. The minimum atomic E-state index is 0.431. The van der Waals surface area contributed by atoms with E-state index in [1.165, 1.54) is 5.39 Å². The molecule has 1 aromatic carbocycles. The highest BCUT2D eigenvalue weighted by Gasteiger charge is 1.94. The Kier molecular flexibility index (Phi) is 4.71. The average molecular weight is 226 g/mol. The highest BCUT2D eigenvalue weighted by Crippen LogP contribution is 2.15. The normalized spacial score (nSPS) is 9.20. The SMILES string of the molecule is CCOC=O.Cln1ccc2ccccc21. The number of ether oxygens (including phenoxy) is 1. The molecule has 0 saturated heterocycles. The van der Waals surface area contributed by atoms with E-state index in [1.54, 1.807) is 11.0 Å². The maximum atomic E-state index is 9.18. The zero-order valence-corrected chi connectivity index (χ0v) is 9.15. The summed E-state index contributed by atoms with van der Waals surface area (Å²) < 4.78 is 5.75. The number of fused-ring (bicyclic) bond motifs is 1. The summed E-state index contributed by atoms with van der Waals surface area (Å²) in [6.45, 7) is 2.66. The van der Waals surface area contributed by atoms with Crippen molar-refractivity contribution in [2.24, 2.45) is 0 Å². The lowest BCUT2D eigenvalue weighted by Crippen LogP contribution is -1.80. The van der Waals surface area contributed by atoms with Crippen molar-refractivity contribution in [3.05, 3.63) is 36.5 Å². The van der Waals surface area contributed by atoms with Crippen molar-refractivity contribution >= 4 is 29.2 Å². The molecule has 0 fully saturated rings. The van der Waals surface area contributed by atoms with Gasteiger partial charge in [-0.25, -0.2) is 0 Å². The highest BCUT2D eigenvalue weighted by atomic mass is 35.5. The van der Waals surface area contributed by atoms with Crippen LogP contribution in [0.1, 0.15) is 6.92 Å². The number of halogens is 1. The van der Waals surface area contributed by atoms with E-state index in [-0.39, 0.29) is 0 Å². The van der Waals surface area contributed by atoms with Crippen LogP contribution in [0.3, 0.4) is 0 Å². The van der Waals surface area contributed by atoms with E-state index < -0.39 is 0 Å². The van der Waals surface area contributed by atoms with Gasteiger partial charge in [0.2, 0.25) is 0 Å². The van der Waals surface area contributed by atoms with Crippen molar-refractivity contribution in [2.75, 3.05) is 6.61 Å². The number of rotatable bonds is 2. The average Bonchev–Trinajstić information content (AvgIpc) is 2.64. The number of nitrogens with zero attached hydrogens (tertiary/aromatic N) is 1. The minimum absolute atomic E-state index is 0.431. The molecule has 2 rings (SSSR count). The molecule has 0 radical (unpaired) electrons. The Bertz CT molecular complexity index is 425. The molecule has 0 N–H and O–H groups in total. The van der Waals surface area contributed by atoms with Crippen LogP contribution in [0.25, 0.3) is 10.9 Å². The molecule has 0 aliphatic rings. The molecule has 0 aliphatic heterocycles. The predicted octanol–water partition coefficient (Wildman–Crippen LogP) is 2.82.